The highest BCUT2D eigenvalue weighted by Gasteiger charge is 2.25. The first-order chi connectivity index (χ1) is 15.6. The zero-order valence-electron chi connectivity index (χ0n) is 17.5. The number of rotatable bonds is 4. The van der Waals surface area contributed by atoms with E-state index >= 15 is 0 Å². The van der Waals surface area contributed by atoms with Crippen LogP contribution in [0, 0.1) is 6.92 Å². The van der Waals surface area contributed by atoms with E-state index in [-0.39, 0.29) is 17.5 Å². The lowest BCUT2D eigenvalue weighted by molar-refractivity contribution is 0.0988. The number of para-hydroxylation sites is 1. The smallest absolute Gasteiger partial charge is 0.277 e. The van der Waals surface area contributed by atoms with Gasteiger partial charge in [-0.2, -0.15) is 0 Å². The number of fused-ring (bicyclic) bond motifs is 1. The van der Waals surface area contributed by atoms with Gasteiger partial charge in [-0.05, 0) is 61.4 Å². The molecule has 0 aliphatic carbocycles. The maximum Gasteiger partial charge on any atom is 0.277 e. The number of amides is 2. The largest absolute Gasteiger partial charge is 0.441 e. The molecule has 0 spiro atoms. The van der Waals surface area contributed by atoms with Gasteiger partial charge < -0.3 is 14.6 Å². The summed E-state index contributed by atoms with van der Waals surface area (Å²) in [4.78, 5) is 31.9. The number of anilines is 2. The molecule has 2 heterocycles. The number of nitrogens with one attached hydrogen (secondary N) is 1. The third kappa shape index (κ3) is 3.67. The first-order valence-corrected chi connectivity index (χ1v) is 10.4. The monoisotopic (exact) mass is 423 g/mol. The molecule has 6 heteroatoms. The van der Waals surface area contributed by atoms with Crippen LogP contribution < -0.4 is 10.2 Å². The van der Waals surface area contributed by atoms with Crippen molar-refractivity contribution in [2.45, 2.75) is 13.3 Å². The van der Waals surface area contributed by atoms with Crippen LogP contribution in [0.3, 0.4) is 0 Å². The van der Waals surface area contributed by atoms with E-state index in [4.69, 9.17) is 4.42 Å². The zero-order chi connectivity index (χ0) is 22.1. The minimum absolute atomic E-state index is 0.0484. The van der Waals surface area contributed by atoms with Crippen LogP contribution in [0.1, 0.15) is 32.2 Å². The lowest BCUT2D eigenvalue weighted by Gasteiger charge is -2.17. The van der Waals surface area contributed by atoms with Crippen LogP contribution in [0.4, 0.5) is 11.4 Å². The Morgan fingerprint density at radius 3 is 2.44 bits per heavy atom. The van der Waals surface area contributed by atoms with Crippen molar-refractivity contribution in [1.29, 1.82) is 0 Å². The van der Waals surface area contributed by atoms with Gasteiger partial charge in [-0.1, -0.05) is 36.4 Å². The second-order valence-corrected chi connectivity index (χ2v) is 7.66. The molecule has 2 amide bonds. The van der Waals surface area contributed by atoms with E-state index in [9.17, 15) is 9.59 Å². The predicted molar refractivity (Wildman–Crippen MR) is 123 cm³/mol. The van der Waals surface area contributed by atoms with Gasteiger partial charge in [0.2, 0.25) is 5.89 Å². The van der Waals surface area contributed by atoms with Crippen LogP contribution in [-0.2, 0) is 6.42 Å². The molecule has 0 radical (unpaired) electrons. The summed E-state index contributed by atoms with van der Waals surface area (Å²) in [5.41, 5.74) is 4.34. The minimum atomic E-state index is -0.360. The molecular formula is C26H21N3O3. The third-order valence-electron chi connectivity index (χ3n) is 5.55. The molecule has 4 aromatic rings. The molecule has 0 atom stereocenters. The summed E-state index contributed by atoms with van der Waals surface area (Å²) in [6, 6.07) is 24.3. The molecule has 1 N–H and O–H groups in total. The highest BCUT2D eigenvalue weighted by Crippen LogP contribution is 2.29. The van der Waals surface area contributed by atoms with Gasteiger partial charge in [-0.25, -0.2) is 4.98 Å². The van der Waals surface area contributed by atoms with Crippen molar-refractivity contribution in [3.63, 3.8) is 0 Å². The van der Waals surface area contributed by atoms with Crippen LogP contribution >= 0.6 is 0 Å². The van der Waals surface area contributed by atoms with E-state index < -0.39 is 0 Å². The number of aryl methyl sites for hydroxylation is 1. The number of hydrogen-bond donors (Lipinski definition) is 1. The first kappa shape index (κ1) is 19.8. The van der Waals surface area contributed by atoms with E-state index in [0.29, 0.717) is 29.4 Å². The third-order valence-corrected chi connectivity index (χ3v) is 5.55. The molecule has 1 aromatic heterocycles. The van der Waals surface area contributed by atoms with Gasteiger partial charge in [-0.15, -0.1) is 0 Å². The Bertz CT molecular complexity index is 1290. The second kappa shape index (κ2) is 8.15. The van der Waals surface area contributed by atoms with Crippen molar-refractivity contribution in [3.05, 3.63) is 101 Å². The molecule has 158 valence electrons. The highest BCUT2D eigenvalue weighted by molar-refractivity contribution is 6.08. The summed E-state index contributed by atoms with van der Waals surface area (Å²) in [5, 5.41) is 2.83. The fraction of sp³-hybridized carbons (Fsp3) is 0.115. The van der Waals surface area contributed by atoms with E-state index in [1.165, 1.54) is 5.56 Å². The number of carbonyl (C=O) groups excluding carboxylic acids is 2. The van der Waals surface area contributed by atoms with Crippen molar-refractivity contribution in [2.75, 3.05) is 16.8 Å². The van der Waals surface area contributed by atoms with Gasteiger partial charge in [0, 0.05) is 29.0 Å². The van der Waals surface area contributed by atoms with Gasteiger partial charge in [0.05, 0.1) is 0 Å². The number of nitrogens with zero attached hydrogens (tertiary/aromatic N) is 2. The Morgan fingerprint density at radius 1 is 0.938 bits per heavy atom. The van der Waals surface area contributed by atoms with Crippen LogP contribution in [-0.4, -0.2) is 23.3 Å². The molecule has 0 saturated carbocycles. The van der Waals surface area contributed by atoms with Crippen LogP contribution in [0.15, 0.2) is 83.3 Å². The summed E-state index contributed by atoms with van der Waals surface area (Å²) in [6.45, 7) is 2.38. The lowest BCUT2D eigenvalue weighted by atomic mass is 10.1. The van der Waals surface area contributed by atoms with Crippen LogP contribution in [0.5, 0.6) is 0 Å². The van der Waals surface area contributed by atoms with Gasteiger partial charge in [0.15, 0.2) is 5.69 Å². The van der Waals surface area contributed by atoms with Crippen molar-refractivity contribution in [3.8, 4) is 11.5 Å². The topological polar surface area (TPSA) is 75.4 Å². The summed E-state index contributed by atoms with van der Waals surface area (Å²) in [6.07, 6.45) is 0.859. The molecule has 0 bridgehead atoms. The van der Waals surface area contributed by atoms with Crippen LogP contribution in [0.25, 0.3) is 11.5 Å². The molecule has 0 saturated heterocycles. The molecule has 6 nitrogen and oxygen atoms in total. The number of hydrogen-bond acceptors (Lipinski definition) is 4. The molecule has 0 fully saturated rings. The summed E-state index contributed by atoms with van der Waals surface area (Å²) >= 11 is 0. The number of oxazole rings is 1. The molecule has 0 unspecified atom stereocenters. The highest BCUT2D eigenvalue weighted by atomic mass is 16.4. The van der Waals surface area contributed by atoms with E-state index in [1.807, 2.05) is 48.5 Å². The van der Waals surface area contributed by atoms with E-state index in [2.05, 4.69) is 16.4 Å². The number of carbonyl (C=O) groups is 2. The van der Waals surface area contributed by atoms with Crippen molar-refractivity contribution in [2.24, 2.45) is 0 Å². The predicted octanol–water partition coefficient (Wildman–Crippen LogP) is 5.11. The summed E-state index contributed by atoms with van der Waals surface area (Å²) in [7, 11) is 0. The Hall–Kier alpha value is -4.19. The first-order valence-electron chi connectivity index (χ1n) is 10.4. The second-order valence-electron chi connectivity index (χ2n) is 7.66. The Labute approximate surface area is 185 Å². The minimum Gasteiger partial charge on any atom is -0.441 e. The maximum atomic E-state index is 13.0. The molecule has 32 heavy (non-hydrogen) atoms. The summed E-state index contributed by atoms with van der Waals surface area (Å²) < 4.78 is 5.67. The van der Waals surface area contributed by atoms with Gasteiger partial charge in [0.1, 0.15) is 5.76 Å². The van der Waals surface area contributed by atoms with E-state index in [0.717, 1.165) is 17.7 Å². The Kier molecular flexibility index (Phi) is 5.03. The average Bonchev–Trinajstić information content (AvgIpc) is 3.43. The lowest BCUT2D eigenvalue weighted by Crippen LogP contribution is -2.28. The number of aromatic nitrogens is 1. The molecular weight excluding hydrogens is 402 g/mol. The van der Waals surface area contributed by atoms with Crippen molar-refractivity contribution < 1.29 is 14.0 Å². The quantitative estimate of drug-likeness (QED) is 0.495. The standard InChI is InChI=1S/C26H21N3O3/c1-17-23(28-25(32-17)19-8-3-2-4-9-19)24(30)27-21-13-11-20(12-14-21)26(31)29-16-15-18-7-5-6-10-22(18)29/h2-14H,15-16H2,1H3,(H,27,30). The summed E-state index contributed by atoms with van der Waals surface area (Å²) in [5.74, 6) is 0.439. The fourth-order valence-electron chi connectivity index (χ4n) is 3.90. The fourth-order valence-corrected chi connectivity index (χ4v) is 3.90. The Morgan fingerprint density at radius 2 is 1.66 bits per heavy atom. The van der Waals surface area contributed by atoms with Crippen LogP contribution in [0.2, 0.25) is 0 Å². The van der Waals surface area contributed by atoms with Gasteiger partial charge in [0.25, 0.3) is 11.8 Å². The molecule has 1 aliphatic rings. The molecule has 3 aromatic carbocycles. The maximum absolute atomic E-state index is 13.0. The zero-order valence-corrected chi connectivity index (χ0v) is 17.5. The van der Waals surface area contributed by atoms with Crippen molar-refractivity contribution in [1.82, 2.24) is 4.98 Å². The molecule has 1 aliphatic heterocycles. The SMILES string of the molecule is Cc1oc(-c2ccccc2)nc1C(=O)Nc1ccc(C(=O)N2CCc3ccccc32)cc1. The van der Waals surface area contributed by atoms with Gasteiger partial charge in [-0.3, -0.25) is 9.59 Å². The number of benzene rings is 3. The normalized spacial score (nSPS) is 12.5. The van der Waals surface area contributed by atoms with E-state index in [1.54, 1.807) is 36.1 Å². The Balaban J connectivity index is 1.30. The van der Waals surface area contributed by atoms with Crippen molar-refractivity contribution >= 4 is 23.2 Å². The van der Waals surface area contributed by atoms with Gasteiger partial charge >= 0.3 is 0 Å². The average molecular weight is 423 g/mol. The molecule has 5 rings (SSSR count).